The lowest BCUT2D eigenvalue weighted by molar-refractivity contribution is 0.00897. The Hall–Kier alpha value is -2.31. The number of ether oxygens (including phenoxy) is 1. The van der Waals surface area contributed by atoms with Gasteiger partial charge in [-0.15, -0.1) is 0 Å². The summed E-state index contributed by atoms with van der Waals surface area (Å²) >= 11 is 0. The zero-order chi connectivity index (χ0) is 17.5. The molecule has 3 rings (SSSR count). The summed E-state index contributed by atoms with van der Waals surface area (Å²) < 4.78 is 6.90. The smallest absolute Gasteiger partial charge is 0.410 e. The summed E-state index contributed by atoms with van der Waals surface area (Å²) in [5, 5.41) is 4.45. The van der Waals surface area contributed by atoms with Crippen LogP contribution in [0.2, 0.25) is 0 Å². The van der Waals surface area contributed by atoms with Crippen molar-refractivity contribution in [3.63, 3.8) is 0 Å². The highest BCUT2D eigenvalue weighted by molar-refractivity contribution is 5.69. The molecule has 1 aliphatic heterocycles. The highest BCUT2D eigenvalue weighted by Gasteiger charge is 2.33. The van der Waals surface area contributed by atoms with Crippen molar-refractivity contribution in [1.29, 1.82) is 0 Å². The number of hydrogen-bond acceptors (Lipinski definition) is 4. The fraction of sp³-hybridized carbons (Fsp3) is 0.588. The third kappa shape index (κ3) is 3.16. The zero-order valence-electron chi connectivity index (χ0n) is 14.6. The van der Waals surface area contributed by atoms with Gasteiger partial charge in [-0.1, -0.05) is 0 Å². The maximum atomic E-state index is 12.5. The van der Waals surface area contributed by atoms with Gasteiger partial charge in [-0.2, -0.15) is 9.61 Å². The molecule has 0 bridgehead atoms. The van der Waals surface area contributed by atoms with Crippen LogP contribution in [0.15, 0.2) is 17.1 Å². The third-order valence-corrected chi connectivity index (χ3v) is 4.17. The number of aromatic amines is 1. The standard InChI is InChI=1S/C17H24N4O3/c1-11-10-18-14-9-12(19-21(14)15(11)22)13-7-5-6-8-20(13)16(23)24-17(2,3)4/h9-10,13,18H,5-8H2,1-4H3/t13-/m0/s1. The highest BCUT2D eigenvalue weighted by atomic mass is 16.6. The quantitative estimate of drug-likeness (QED) is 0.871. The van der Waals surface area contributed by atoms with Crippen molar-refractivity contribution in [3.8, 4) is 0 Å². The summed E-state index contributed by atoms with van der Waals surface area (Å²) in [5.74, 6) is 0. The number of H-pyrrole nitrogens is 1. The Morgan fingerprint density at radius 1 is 1.38 bits per heavy atom. The Morgan fingerprint density at radius 3 is 2.83 bits per heavy atom. The topological polar surface area (TPSA) is 79.7 Å². The Bertz CT molecular complexity index is 815. The fourth-order valence-corrected chi connectivity index (χ4v) is 3.01. The number of nitrogens with one attached hydrogen (secondary N) is 1. The van der Waals surface area contributed by atoms with Gasteiger partial charge in [-0.25, -0.2) is 4.79 Å². The number of likely N-dealkylation sites (tertiary alicyclic amines) is 1. The number of aryl methyl sites for hydroxylation is 1. The maximum absolute atomic E-state index is 12.5. The molecule has 1 fully saturated rings. The molecule has 130 valence electrons. The van der Waals surface area contributed by atoms with E-state index in [2.05, 4.69) is 10.1 Å². The second kappa shape index (κ2) is 5.96. The average molecular weight is 332 g/mol. The summed E-state index contributed by atoms with van der Waals surface area (Å²) in [6.45, 7) is 7.95. The minimum absolute atomic E-state index is 0.144. The van der Waals surface area contributed by atoms with Crippen LogP contribution in [0.5, 0.6) is 0 Å². The van der Waals surface area contributed by atoms with E-state index in [1.165, 1.54) is 4.52 Å². The third-order valence-electron chi connectivity index (χ3n) is 4.17. The van der Waals surface area contributed by atoms with E-state index in [0.29, 0.717) is 17.8 Å². The van der Waals surface area contributed by atoms with Gasteiger partial charge in [0.25, 0.3) is 5.56 Å². The van der Waals surface area contributed by atoms with Crippen molar-refractivity contribution in [3.05, 3.63) is 33.9 Å². The van der Waals surface area contributed by atoms with Crippen molar-refractivity contribution >= 4 is 11.7 Å². The first-order valence-corrected chi connectivity index (χ1v) is 8.34. The molecule has 1 amide bonds. The minimum Gasteiger partial charge on any atom is -0.444 e. The molecule has 24 heavy (non-hydrogen) atoms. The Kier molecular flexibility index (Phi) is 4.11. The van der Waals surface area contributed by atoms with Gasteiger partial charge >= 0.3 is 6.09 Å². The number of rotatable bonds is 1. The minimum atomic E-state index is -0.537. The molecular formula is C17H24N4O3. The monoisotopic (exact) mass is 332 g/mol. The predicted octanol–water partition coefficient (Wildman–Crippen LogP) is 2.79. The lowest BCUT2D eigenvalue weighted by Crippen LogP contribution is -2.42. The number of aromatic nitrogens is 3. The van der Waals surface area contributed by atoms with Crippen LogP contribution in [-0.2, 0) is 4.74 Å². The Labute approximate surface area is 140 Å². The molecule has 2 aromatic heterocycles. The van der Waals surface area contributed by atoms with E-state index in [1.807, 2.05) is 26.8 Å². The molecule has 0 aromatic carbocycles. The van der Waals surface area contributed by atoms with Crippen LogP contribution in [0, 0.1) is 6.92 Å². The normalized spacial score (nSPS) is 18.8. The molecule has 1 aliphatic rings. The number of carbonyl (C=O) groups excluding carboxylic acids is 1. The van der Waals surface area contributed by atoms with Gasteiger partial charge in [-0.05, 0) is 47.0 Å². The average Bonchev–Trinajstić information content (AvgIpc) is 2.94. The summed E-state index contributed by atoms with van der Waals surface area (Å²) in [6.07, 6.45) is 4.13. The van der Waals surface area contributed by atoms with Gasteiger partial charge < -0.3 is 9.72 Å². The first kappa shape index (κ1) is 16.5. The number of carbonyl (C=O) groups is 1. The van der Waals surface area contributed by atoms with Crippen LogP contribution in [0.1, 0.15) is 57.3 Å². The van der Waals surface area contributed by atoms with E-state index in [-0.39, 0.29) is 17.7 Å². The SMILES string of the molecule is Cc1c[nH]c2cc([C@@H]3CCCCN3C(=O)OC(C)(C)C)nn2c1=O. The van der Waals surface area contributed by atoms with Crippen LogP contribution < -0.4 is 5.56 Å². The lowest BCUT2D eigenvalue weighted by Gasteiger charge is -2.35. The van der Waals surface area contributed by atoms with E-state index in [9.17, 15) is 9.59 Å². The van der Waals surface area contributed by atoms with Crippen molar-refractivity contribution in [2.75, 3.05) is 6.54 Å². The molecule has 7 nitrogen and oxygen atoms in total. The molecule has 1 saturated heterocycles. The summed E-state index contributed by atoms with van der Waals surface area (Å²) in [7, 11) is 0. The van der Waals surface area contributed by atoms with Gasteiger partial charge in [0, 0.05) is 24.4 Å². The van der Waals surface area contributed by atoms with Gasteiger partial charge in [0.2, 0.25) is 0 Å². The second-order valence-corrected chi connectivity index (χ2v) is 7.33. The molecule has 3 heterocycles. The van der Waals surface area contributed by atoms with Crippen molar-refractivity contribution in [1.82, 2.24) is 19.5 Å². The fourth-order valence-electron chi connectivity index (χ4n) is 3.01. The van der Waals surface area contributed by atoms with Crippen LogP contribution >= 0.6 is 0 Å². The predicted molar refractivity (Wildman–Crippen MR) is 90.1 cm³/mol. The summed E-state index contributed by atoms with van der Waals surface area (Å²) in [6, 6.07) is 1.68. The first-order chi connectivity index (χ1) is 11.3. The van der Waals surface area contributed by atoms with E-state index < -0.39 is 5.60 Å². The molecule has 1 atom stereocenters. The van der Waals surface area contributed by atoms with Crippen molar-refractivity contribution in [2.45, 2.75) is 58.6 Å². The molecule has 0 saturated carbocycles. The zero-order valence-corrected chi connectivity index (χ0v) is 14.6. The van der Waals surface area contributed by atoms with Crippen LogP contribution in [0.4, 0.5) is 4.79 Å². The van der Waals surface area contributed by atoms with Gasteiger partial charge in [0.1, 0.15) is 11.2 Å². The molecule has 0 unspecified atom stereocenters. The second-order valence-electron chi connectivity index (χ2n) is 7.33. The van der Waals surface area contributed by atoms with Gasteiger partial charge in [0.05, 0.1) is 11.7 Å². The molecule has 0 aliphatic carbocycles. The van der Waals surface area contributed by atoms with Crippen LogP contribution in [0.25, 0.3) is 5.65 Å². The molecular weight excluding hydrogens is 308 g/mol. The Morgan fingerprint density at radius 2 is 2.12 bits per heavy atom. The molecule has 7 heteroatoms. The molecule has 1 N–H and O–H groups in total. The van der Waals surface area contributed by atoms with E-state index in [4.69, 9.17) is 4.74 Å². The molecule has 0 radical (unpaired) electrons. The number of amides is 1. The van der Waals surface area contributed by atoms with Gasteiger partial charge in [-0.3, -0.25) is 9.69 Å². The molecule has 0 spiro atoms. The molecule has 2 aromatic rings. The maximum Gasteiger partial charge on any atom is 0.410 e. The number of nitrogens with zero attached hydrogens (tertiary/aromatic N) is 3. The van der Waals surface area contributed by atoms with Crippen molar-refractivity contribution in [2.24, 2.45) is 0 Å². The van der Waals surface area contributed by atoms with E-state index in [0.717, 1.165) is 25.0 Å². The number of piperidine rings is 1. The number of hydrogen-bond donors (Lipinski definition) is 1. The van der Waals surface area contributed by atoms with Crippen molar-refractivity contribution < 1.29 is 9.53 Å². The number of fused-ring (bicyclic) bond motifs is 1. The van der Waals surface area contributed by atoms with E-state index >= 15 is 0 Å². The largest absolute Gasteiger partial charge is 0.444 e. The summed E-state index contributed by atoms with van der Waals surface area (Å²) in [5.41, 5.74) is 1.28. The van der Waals surface area contributed by atoms with Crippen LogP contribution in [0.3, 0.4) is 0 Å². The van der Waals surface area contributed by atoms with E-state index in [1.54, 1.807) is 18.0 Å². The highest BCUT2D eigenvalue weighted by Crippen LogP contribution is 2.31. The first-order valence-electron chi connectivity index (χ1n) is 8.34. The summed E-state index contributed by atoms with van der Waals surface area (Å²) in [4.78, 5) is 29.5. The van der Waals surface area contributed by atoms with Gasteiger partial charge in [0.15, 0.2) is 0 Å². The van der Waals surface area contributed by atoms with Crippen LogP contribution in [-0.4, -0.2) is 37.7 Å². The lowest BCUT2D eigenvalue weighted by atomic mass is 10.00. The Balaban J connectivity index is 1.95.